The fourth-order valence-electron chi connectivity index (χ4n) is 2.05. The number of carbonyl (C=O) groups is 2. The zero-order chi connectivity index (χ0) is 18.4. The minimum Gasteiger partial charge on any atom is -0.508 e. The number of aryl methyl sites for hydroxylation is 1. The van der Waals surface area contributed by atoms with E-state index in [1.54, 1.807) is 31.4 Å². The summed E-state index contributed by atoms with van der Waals surface area (Å²) in [7, 11) is 0. The van der Waals surface area contributed by atoms with Gasteiger partial charge in [0.05, 0.1) is 12.2 Å². The number of nitrogens with zero attached hydrogens (tertiary/aromatic N) is 1. The van der Waals surface area contributed by atoms with Crippen molar-refractivity contribution in [3.05, 3.63) is 51.9 Å². The van der Waals surface area contributed by atoms with Crippen LogP contribution in [0.15, 0.2) is 35.2 Å². The molecule has 0 saturated carbocycles. The quantitative estimate of drug-likeness (QED) is 0.485. The highest BCUT2D eigenvalue weighted by atomic mass is 32.1. The maximum absolute atomic E-state index is 12.4. The van der Waals surface area contributed by atoms with E-state index in [9.17, 15) is 20.0 Å². The molecule has 0 aliphatic rings. The largest absolute Gasteiger partial charge is 0.508 e. The van der Waals surface area contributed by atoms with Gasteiger partial charge in [-0.3, -0.25) is 4.79 Å². The summed E-state index contributed by atoms with van der Waals surface area (Å²) in [4.78, 5) is 24.4. The first kappa shape index (κ1) is 18.2. The lowest BCUT2D eigenvalue weighted by Crippen LogP contribution is -2.16. The fraction of sp³-hybridized carbons (Fsp3) is 0.167. The number of hydrogen-bond acceptors (Lipinski definition) is 6. The lowest BCUT2D eigenvalue weighted by molar-refractivity contribution is -0.112. The molecular formula is C18H16N2O4S. The number of rotatable bonds is 5. The predicted octanol–water partition coefficient (Wildman–Crippen LogP) is 3.48. The van der Waals surface area contributed by atoms with Crippen LogP contribution in [0.1, 0.15) is 28.4 Å². The number of esters is 1. The molecule has 6 nitrogen and oxygen atoms in total. The molecule has 0 unspecified atom stereocenters. The third-order valence-electron chi connectivity index (χ3n) is 3.25. The van der Waals surface area contributed by atoms with Crippen molar-refractivity contribution in [3.8, 4) is 11.8 Å². The average Bonchev–Trinajstić information content (AvgIpc) is 2.94. The van der Waals surface area contributed by atoms with Gasteiger partial charge in [0.1, 0.15) is 22.4 Å². The molecule has 0 aliphatic heterocycles. The minimum atomic E-state index is -0.622. The number of carbonyl (C=O) groups excluding carboxylic acids is 2. The second-order valence-corrected chi connectivity index (χ2v) is 5.94. The highest BCUT2D eigenvalue weighted by Gasteiger charge is 2.20. The number of phenols is 1. The van der Waals surface area contributed by atoms with E-state index in [1.165, 1.54) is 29.5 Å². The third kappa shape index (κ3) is 4.46. The summed E-state index contributed by atoms with van der Waals surface area (Å²) in [5, 5.41) is 23.2. The Morgan fingerprint density at radius 2 is 2.04 bits per heavy atom. The van der Waals surface area contributed by atoms with Crippen LogP contribution < -0.4 is 5.32 Å². The second kappa shape index (κ2) is 8.13. The monoisotopic (exact) mass is 356 g/mol. The summed E-state index contributed by atoms with van der Waals surface area (Å²) in [6, 6.07) is 7.92. The second-order valence-electron chi connectivity index (χ2n) is 5.06. The number of phenolic OH excluding ortho intramolecular Hbond substituents is 1. The van der Waals surface area contributed by atoms with E-state index in [2.05, 4.69) is 5.32 Å². The predicted molar refractivity (Wildman–Crippen MR) is 95.3 cm³/mol. The molecular weight excluding hydrogens is 340 g/mol. The van der Waals surface area contributed by atoms with E-state index in [1.807, 2.05) is 6.07 Å². The number of amides is 1. The molecule has 1 amide bonds. The van der Waals surface area contributed by atoms with Gasteiger partial charge in [0.2, 0.25) is 0 Å². The van der Waals surface area contributed by atoms with Crippen molar-refractivity contribution in [1.29, 1.82) is 5.26 Å². The van der Waals surface area contributed by atoms with Gasteiger partial charge in [-0.15, -0.1) is 11.3 Å². The Hall–Kier alpha value is -3.11. The highest BCUT2D eigenvalue weighted by Crippen LogP contribution is 2.29. The molecule has 2 aromatic rings. The van der Waals surface area contributed by atoms with Crippen molar-refractivity contribution in [3.63, 3.8) is 0 Å². The molecule has 0 radical (unpaired) electrons. The number of thiophene rings is 1. The summed E-state index contributed by atoms with van der Waals surface area (Å²) in [5.41, 5.74) is 1.46. The van der Waals surface area contributed by atoms with Crippen LogP contribution in [0.5, 0.6) is 5.75 Å². The van der Waals surface area contributed by atoms with Crippen molar-refractivity contribution in [2.45, 2.75) is 13.8 Å². The molecule has 0 spiro atoms. The first-order chi connectivity index (χ1) is 12.0. The van der Waals surface area contributed by atoms with Gasteiger partial charge in [-0.25, -0.2) is 4.79 Å². The summed E-state index contributed by atoms with van der Waals surface area (Å²) < 4.78 is 5.00. The molecule has 128 valence electrons. The molecule has 25 heavy (non-hydrogen) atoms. The molecule has 1 aromatic carbocycles. The van der Waals surface area contributed by atoms with E-state index in [4.69, 9.17) is 4.74 Å². The summed E-state index contributed by atoms with van der Waals surface area (Å²) in [6.45, 7) is 3.67. The van der Waals surface area contributed by atoms with Crippen LogP contribution in [0.25, 0.3) is 6.08 Å². The van der Waals surface area contributed by atoms with Crippen LogP contribution in [-0.2, 0) is 9.53 Å². The first-order valence-corrected chi connectivity index (χ1v) is 8.31. The zero-order valence-electron chi connectivity index (χ0n) is 13.7. The molecule has 0 fully saturated rings. The maximum Gasteiger partial charge on any atom is 0.341 e. The number of nitrogens with one attached hydrogen (secondary N) is 1. The smallest absolute Gasteiger partial charge is 0.341 e. The number of benzene rings is 1. The molecule has 0 atom stereocenters. The van der Waals surface area contributed by atoms with Crippen molar-refractivity contribution in [2.75, 3.05) is 11.9 Å². The Kier molecular flexibility index (Phi) is 5.93. The minimum absolute atomic E-state index is 0.0910. The van der Waals surface area contributed by atoms with Crippen LogP contribution in [0.4, 0.5) is 5.00 Å². The van der Waals surface area contributed by atoms with Gasteiger partial charge in [-0.05, 0) is 48.6 Å². The SMILES string of the molecule is CCOC(=O)c1c(C)csc1NC(=O)C(C#N)=Cc1ccc(O)cc1. The molecule has 1 aromatic heterocycles. The number of aromatic hydroxyl groups is 1. The Labute approximate surface area is 149 Å². The maximum atomic E-state index is 12.4. The van der Waals surface area contributed by atoms with Gasteiger partial charge in [-0.2, -0.15) is 5.26 Å². The number of ether oxygens (including phenoxy) is 1. The molecule has 0 bridgehead atoms. The standard InChI is InChI=1S/C18H16N2O4S/c1-3-24-18(23)15-11(2)10-25-17(15)20-16(22)13(9-19)8-12-4-6-14(21)7-5-12/h4-8,10,21H,3H2,1-2H3,(H,20,22). The van der Waals surface area contributed by atoms with Gasteiger partial charge < -0.3 is 15.2 Å². The van der Waals surface area contributed by atoms with E-state index >= 15 is 0 Å². The molecule has 7 heteroatoms. The van der Waals surface area contributed by atoms with Gasteiger partial charge >= 0.3 is 5.97 Å². The van der Waals surface area contributed by atoms with Crippen LogP contribution in [0, 0.1) is 18.3 Å². The Balaban J connectivity index is 2.25. The van der Waals surface area contributed by atoms with Crippen molar-refractivity contribution >= 4 is 34.3 Å². The van der Waals surface area contributed by atoms with Crippen LogP contribution in [-0.4, -0.2) is 23.6 Å². The molecule has 2 rings (SSSR count). The Morgan fingerprint density at radius 3 is 2.64 bits per heavy atom. The Bertz CT molecular complexity index is 860. The molecule has 1 heterocycles. The summed E-state index contributed by atoms with van der Waals surface area (Å²) >= 11 is 1.19. The topological polar surface area (TPSA) is 99.4 Å². The Morgan fingerprint density at radius 1 is 1.36 bits per heavy atom. The fourth-order valence-corrected chi connectivity index (χ4v) is 2.98. The van der Waals surface area contributed by atoms with E-state index < -0.39 is 11.9 Å². The van der Waals surface area contributed by atoms with E-state index in [0.717, 1.165) is 0 Å². The summed E-state index contributed by atoms with van der Waals surface area (Å²) in [6.07, 6.45) is 1.40. The third-order valence-corrected chi connectivity index (χ3v) is 4.26. The number of nitriles is 1. The normalized spacial score (nSPS) is 10.8. The van der Waals surface area contributed by atoms with Crippen molar-refractivity contribution in [1.82, 2.24) is 0 Å². The highest BCUT2D eigenvalue weighted by molar-refractivity contribution is 7.15. The molecule has 0 saturated heterocycles. The van der Waals surface area contributed by atoms with Crippen LogP contribution >= 0.6 is 11.3 Å². The van der Waals surface area contributed by atoms with Gasteiger partial charge in [0, 0.05) is 0 Å². The lowest BCUT2D eigenvalue weighted by Gasteiger charge is -2.06. The van der Waals surface area contributed by atoms with Gasteiger partial charge in [0.25, 0.3) is 5.91 Å². The van der Waals surface area contributed by atoms with Gasteiger partial charge in [0.15, 0.2) is 0 Å². The lowest BCUT2D eigenvalue weighted by atomic mass is 10.1. The van der Waals surface area contributed by atoms with E-state index in [0.29, 0.717) is 21.7 Å². The average molecular weight is 356 g/mol. The van der Waals surface area contributed by atoms with Crippen molar-refractivity contribution in [2.24, 2.45) is 0 Å². The van der Waals surface area contributed by atoms with Crippen LogP contribution in [0.3, 0.4) is 0 Å². The molecule has 0 aliphatic carbocycles. The van der Waals surface area contributed by atoms with Crippen molar-refractivity contribution < 1.29 is 19.4 Å². The van der Waals surface area contributed by atoms with Gasteiger partial charge in [-0.1, -0.05) is 12.1 Å². The van der Waals surface area contributed by atoms with E-state index in [-0.39, 0.29) is 17.9 Å². The summed E-state index contributed by atoms with van der Waals surface area (Å²) in [5.74, 6) is -1.05. The zero-order valence-corrected chi connectivity index (χ0v) is 14.5. The number of anilines is 1. The number of hydrogen-bond donors (Lipinski definition) is 2. The van der Waals surface area contributed by atoms with Crippen LogP contribution in [0.2, 0.25) is 0 Å². The molecule has 2 N–H and O–H groups in total. The first-order valence-electron chi connectivity index (χ1n) is 7.43.